The Morgan fingerprint density at radius 1 is 1.09 bits per heavy atom. The second-order valence-electron chi connectivity index (χ2n) is 4.25. The molecule has 0 aliphatic heterocycles. The molecule has 4 nitrogen and oxygen atoms in total. The summed E-state index contributed by atoms with van der Waals surface area (Å²) in [5.41, 5.74) is -0.396. The van der Waals surface area contributed by atoms with Crippen molar-refractivity contribution in [3.63, 3.8) is 0 Å². The standard InChI is InChI=1S/C15H10F3NO3/c16-15(17,18)10-4-3-5-11(8-10)19-13-7-2-1-6-12(13)14(21)22-9-20/h1-9,19H. The summed E-state index contributed by atoms with van der Waals surface area (Å²) >= 11 is 0. The van der Waals surface area contributed by atoms with Crippen molar-refractivity contribution in [2.24, 2.45) is 0 Å². The molecule has 0 unspecified atom stereocenters. The number of hydrogen-bond donors (Lipinski definition) is 1. The summed E-state index contributed by atoms with van der Waals surface area (Å²) in [6, 6.07) is 10.5. The van der Waals surface area contributed by atoms with E-state index in [0.717, 1.165) is 12.1 Å². The second-order valence-corrected chi connectivity index (χ2v) is 4.25. The van der Waals surface area contributed by atoms with Crippen molar-refractivity contribution in [3.8, 4) is 0 Å². The number of halogens is 3. The molecule has 2 aromatic rings. The van der Waals surface area contributed by atoms with E-state index in [-0.39, 0.29) is 23.4 Å². The van der Waals surface area contributed by atoms with Gasteiger partial charge in [0.2, 0.25) is 0 Å². The third-order valence-corrected chi connectivity index (χ3v) is 2.77. The summed E-state index contributed by atoms with van der Waals surface area (Å²) in [5, 5.41) is 2.71. The number of hydrogen-bond acceptors (Lipinski definition) is 4. The van der Waals surface area contributed by atoms with Gasteiger partial charge < -0.3 is 10.1 Å². The molecular weight excluding hydrogens is 299 g/mol. The number of alkyl halides is 3. The first-order valence-corrected chi connectivity index (χ1v) is 6.10. The van der Waals surface area contributed by atoms with Crippen molar-refractivity contribution >= 4 is 23.8 Å². The average molecular weight is 309 g/mol. The Kier molecular flexibility index (Phi) is 4.45. The smallest absolute Gasteiger partial charge is 0.392 e. The van der Waals surface area contributed by atoms with E-state index in [1.165, 1.54) is 24.3 Å². The minimum Gasteiger partial charge on any atom is -0.392 e. The predicted molar refractivity (Wildman–Crippen MR) is 72.6 cm³/mol. The minimum atomic E-state index is -4.46. The highest BCUT2D eigenvalue weighted by molar-refractivity contribution is 5.99. The van der Waals surface area contributed by atoms with E-state index in [4.69, 9.17) is 0 Å². The highest BCUT2D eigenvalue weighted by Crippen LogP contribution is 2.31. The summed E-state index contributed by atoms with van der Waals surface area (Å²) in [5.74, 6) is -0.898. The Bertz CT molecular complexity index is 698. The van der Waals surface area contributed by atoms with Gasteiger partial charge in [0.25, 0.3) is 0 Å². The van der Waals surface area contributed by atoms with Crippen LogP contribution < -0.4 is 5.32 Å². The van der Waals surface area contributed by atoms with Crippen LogP contribution in [0.1, 0.15) is 15.9 Å². The minimum absolute atomic E-state index is 0.0105. The number of anilines is 2. The van der Waals surface area contributed by atoms with Crippen molar-refractivity contribution in [1.29, 1.82) is 0 Å². The molecule has 0 amide bonds. The van der Waals surface area contributed by atoms with Gasteiger partial charge in [-0.1, -0.05) is 18.2 Å². The van der Waals surface area contributed by atoms with Gasteiger partial charge in [-0.15, -0.1) is 0 Å². The van der Waals surface area contributed by atoms with Crippen molar-refractivity contribution in [2.45, 2.75) is 6.18 Å². The molecule has 0 atom stereocenters. The van der Waals surface area contributed by atoms with Gasteiger partial charge in [0.05, 0.1) is 16.8 Å². The summed E-state index contributed by atoms with van der Waals surface area (Å²) in [6.07, 6.45) is -4.46. The summed E-state index contributed by atoms with van der Waals surface area (Å²) < 4.78 is 42.3. The zero-order valence-electron chi connectivity index (χ0n) is 11.1. The van der Waals surface area contributed by atoms with Gasteiger partial charge in [-0.05, 0) is 30.3 Å². The van der Waals surface area contributed by atoms with Gasteiger partial charge in [-0.2, -0.15) is 13.2 Å². The van der Waals surface area contributed by atoms with Crippen molar-refractivity contribution in [3.05, 3.63) is 59.7 Å². The van der Waals surface area contributed by atoms with Crippen molar-refractivity contribution in [1.82, 2.24) is 0 Å². The molecule has 22 heavy (non-hydrogen) atoms. The van der Waals surface area contributed by atoms with E-state index in [1.807, 2.05) is 0 Å². The summed E-state index contributed by atoms with van der Waals surface area (Å²) in [6.45, 7) is -0.0105. The molecule has 0 aromatic heterocycles. The lowest BCUT2D eigenvalue weighted by Crippen LogP contribution is -2.08. The third kappa shape index (κ3) is 3.63. The number of ether oxygens (including phenoxy) is 1. The monoisotopic (exact) mass is 309 g/mol. The fourth-order valence-electron chi connectivity index (χ4n) is 1.81. The van der Waals surface area contributed by atoms with E-state index >= 15 is 0 Å². The quantitative estimate of drug-likeness (QED) is 0.531. The molecule has 0 aliphatic rings. The van der Waals surface area contributed by atoms with Crippen LogP contribution in [0.5, 0.6) is 0 Å². The fourth-order valence-corrected chi connectivity index (χ4v) is 1.81. The molecule has 0 bridgehead atoms. The van der Waals surface area contributed by atoms with Crippen LogP contribution in [-0.2, 0) is 15.7 Å². The van der Waals surface area contributed by atoms with Gasteiger partial charge in [0.15, 0.2) is 0 Å². The molecular formula is C15H10F3NO3. The molecule has 114 valence electrons. The van der Waals surface area contributed by atoms with Crippen LogP contribution in [0.3, 0.4) is 0 Å². The maximum Gasteiger partial charge on any atom is 0.416 e. The lowest BCUT2D eigenvalue weighted by molar-refractivity contribution is -0.137. The van der Waals surface area contributed by atoms with Crippen LogP contribution >= 0.6 is 0 Å². The zero-order chi connectivity index (χ0) is 16.2. The lowest BCUT2D eigenvalue weighted by Gasteiger charge is -2.12. The van der Waals surface area contributed by atoms with E-state index < -0.39 is 17.7 Å². The van der Waals surface area contributed by atoms with Crippen LogP contribution in [0.4, 0.5) is 24.5 Å². The SMILES string of the molecule is O=COC(=O)c1ccccc1Nc1cccc(C(F)(F)F)c1. The van der Waals surface area contributed by atoms with Crippen molar-refractivity contribution in [2.75, 3.05) is 5.32 Å². The molecule has 0 heterocycles. The van der Waals surface area contributed by atoms with E-state index in [0.29, 0.717) is 0 Å². The van der Waals surface area contributed by atoms with Gasteiger partial charge in [-0.25, -0.2) is 4.79 Å². The number of nitrogens with one attached hydrogen (secondary N) is 1. The number of rotatable bonds is 4. The van der Waals surface area contributed by atoms with Crippen LogP contribution in [0.2, 0.25) is 0 Å². The number of esters is 1. The number of carbonyl (C=O) groups excluding carboxylic acids is 2. The van der Waals surface area contributed by atoms with Gasteiger partial charge in [0.1, 0.15) is 0 Å². The summed E-state index contributed by atoms with van der Waals surface area (Å²) in [7, 11) is 0. The number of benzene rings is 2. The van der Waals surface area contributed by atoms with Crippen LogP contribution in [-0.4, -0.2) is 12.4 Å². The first kappa shape index (κ1) is 15.6. The maximum atomic E-state index is 12.7. The molecule has 0 fully saturated rings. The molecule has 7 heteroatoms. The third-order valence-electron chi connectivity index (χ3n) is 2.77. The normalized spacial score (nSPS) is 10.9. The Morgan fingerprint density at radius 2 is 1.82 bits per heavy atom. The second kappa shape index (κ2) is 6.30. The van der Waals surface area contributed by atoms with Crippen LogP contribution in [0.25, 0.3) is 0 Å². The molecule has 0 saturated carbocycles. The topological polar surface area (TPSA) is 55.4 Å². The van der Waals surface area contributed by atoms with E-state index in [2.05, 4.69) is 10.1 Å². The van der Waals surface area contributed by atoms with Gasteiger partial charge >= 0.3 is 18.6 Å². The summed E-state index contributed by atoms with van der Waals surface area (Å²) in [4.78, 5) is 21.8. The first-order valence-electron chi connectivity index (χ1n) is 6.10. The molecule has 1 N–H and O–H groups in total. The predicted octanol–water partition coefficient (Wildman–Crippen LogP) is 3.76. The molecule has 0 radical (unpaired) electrons. The van der Waals surface area contributed by atoms with E-state index in [1.54, 1.807) is 12.1 Å². The zero-order valence-corrected chi connectivity index (χ0v) is 11.1. The Morgan fingerprint density at radius 3 is 2.50 bits per heavy atom. The molecule has 2 rings (SSSR count). The number of carbonyl (C=O) groups is 2. The van der Waals surface area contributed by atoms with E-state index in [9.17, 15) is 22.8 Å². The highest BCUT2D eigenvalue weighted by Gasteiger charge is 2.30. The van der Waals surface area contributed by atoms with Crippen LogP contribution in [0.15, 0.2) is 48.5 Å². The van der Waals surface area contributed by atoms with Gasteiger partial charge in [-0.3, -0.25) is 4.79 Å². The highest BCUT2D eigenvalue weighted by atomic mass is 19.4. The Balaban J connectivity index is 2.32. The van der Waals surface area contributed by atoms with Gasteiger partial charge in [0, 0.05) is 5.69 Å². The largest absolute Gasteiger partial charge is 0.416 e. The van der Waals surface area contributed by atoms with Crippen LogP contribution in [0, 0.1) is 0 Å². The molecule has 0 aliphatic carbocycles. The lowest BCUT2D eigenvalue weighted by atomic mass is 10.1. The Labute approximate surface area is 123 Å². The van der Waals surface area contributed by atoms with Crippen molar-refractivity contribution < 1.29 is 27.5 Å². The fraction of sp³-hybridized carbons (Fsp3) is 0.0667. The number of para-hydroxylation sites is 1. The molecule has 0 spiro atoms. The average Bonchev–Trinajstić information content (AvgIpc) is 2.47. The molecule has 2 aromatic carbocycles. The first-order chi connectivity index (χ1) is 10.4. The molecule has 0 saturated heterocycles. The maximum absolute atomic E-state index is 12.7. The Hall–Kier alpha value is -2.83.